The van der Waals surface area contributed by atoms with Crippen LogP contribution in [-0.2, 0) is 6.42 Å². The molecule has 0 fully saturated rings. The fourth-order valence-electron chi connectivity index (χ4n) is 2.63. The van der Waals surface area contributed by atoms with Crippen molar-refractivity contribution < 1.29 is 9.50 Å². The first-order valence-electron chi connectivity index (χ1n) is 8.10. The lowest BCUT2D eigenvalue weighted by Crippen LogP contribution is -2.34. The summed E-state index contributed by atoms with van der Waals surface area (Å²) in [5.41, 5.74) is 1.80. The number of halogens is 1. The molecule has 1 aromatic carbocycles. The van der Waals surface area contributed by atoms with Crippen LogP contribution in [0.1, 0.15) is 31.2 Å². The minimum Gasteiger partial charge on any atom is -0.387 e. The Morgan fingerprint density at radius 3 is 2.43 bits per heavy atom. The number of benzene rings is 1. The Morgan fingerprint density at radius 1 is 1.09 bits per heavy atom. The predicted molar refractivity (Wildman–Crippen MR) is 90.6 cm³/mol. The first-order chi connectivity index (χ1) is 11.0. The third kappa shape index (κ3) is 6.08. The highest BCUT2D eigenvalue weighted by molar-refractivity contribution is 5.18. The highest BCUT2D eigenvalue weighted by atomic mass is 19.1. The maximum Gasteiger partial charge on any atom is 0.123 e. The second kappa shape index (κ2) is 8.75. The summed E-state index contributed by atoms with van der Waals surface area (Å²) in [4.78, 5) is 6.59. The minimum absolute atomic E-state index is 0.282. The van der Waals surface area contributed by atoms with Gasteiger partial charge in [0.05, 0.1) is 6.10 Å². The summed E-state index contributed by atoms with van der Waals surface area (Å²) in [5.74, 6) is 0.231. The zero-order valence-corrected chi connectivity index (χ0v) is 13.8. The highest BCUT2D eigenvalue weighted by Crippen LogP contribution is 2.16. The fraction of sp³-hybridized carbons (Fsp3) is 0.421. The van der Waals surface area contributed by atoms with E-state index >= 15 is 0 Å². The van der Waals surface area contributed by atoms with Gasteiger partial charge in [-0.15, -0.1) is 0 Å². The van der Waals surface area contributed by atoms with Gasteiger partial charge in [0.25, 0.3) is 0 Å². The number of hydrogen-bond acceptors (Lipinski definition) is 3. The maximum absolute atomic E-state index is 13.0. The van der Waals surface area contributed by atoms with Crippen LogP contribution in [0.5, 0.6) is 0 Å². The molecule has 1 atom stereocenters. The molecule has 0 saturated carbocycles. The molecule has 3 nitrogen and oxygen atoms in total. The highest BCUT2D eigenvalue weighted by Gasteiger charge is 2.15. The molecule has 2 rings (SSSR count). The molecule has 23 heavy (non-hydrogen) atoms. The molecule has 0 aliphatic rings. The lowest BCUT2D eigenvalue weighted by atomic mass is 10.1. The number of pyridine rings is 1. The van der Waals surface area contributed by atoms with Crippen molar-refractivity contribution in [2.24, 2.45) is 5.92 Å². The van der Waals surface area contributed by atoms with E-state index in [4.69, 9.17) is 0 Å². The molecule has 0 spiro atoms. The van der Waals surface area contributed by atoms with Gasteiger partial charge in [0.1, 0.15) is 5.82 Å². The van der Waals surface area contributed by atoms with E-state index in [1.165, 1.54) is 12.1 Å². The van der Waals surface area contributed by atoms with Crippen LogP contribution in [0, 0.1) is 11.7 Å². The van der Waals surface area contributed by atoms with E-state index in [2.05, 4.69) is 23.7 Å². The van der Waals surface area contributed by atoms with Crippen molar-refractivity contribution in [2.45, 2.75) is 26.4 Å². The van der Waals surface area contributed by atoms with Crippen LogP contribution < -0.4 is 0 Å². The summed E-state index contributed by atoms with van der Waals surface area (Å²) in [7, 11) is 0. The zero-order valence-electron chi connectivity index (χ0n) is 13.8. The molecule has 1 aromatic heterocycles. The third-order valence-electron chi connectivity index (χ3n) is 3.72. The lowest BCUT2D eigenvalue weighted by Gasteiger charge is -2.26. The Hall–Kier alpha value is -1.78. The van der Waals surface area contributed by atoms with Gasteiger partial charge in [-0.3, -0.25) is 9.88 Å². The molecule has 0 aliphatic carbocycles. The second-order valence-electron chi connectivity index (χ2n) is 6.29. The lowest BCUT2D eigenvalue weighted by molar-refractivity contribution is 0.106. The number of aromatic nitrogens is 1. The quantitative estimate of drug-likeness (QED) is 0.810. The molecule has 4 heteroatoms. The van der Waals surface area contributed by atoms with Crippen LogP contribution in [0.2, 0.25) is 0 Å². The van der Waals surface area contributed by atoms with Crippen molar-refractivity contribution in [2.75, 3.05) is 19.6 Å². The van der Waals surface area contributed by atoms with Crippen molar-refractivity contribution in [1.82, 2.24) is 9.88 Å². The molecule has 0 aliphatic heterocycles. The van der Waals surface area contributed by atoms with E-state index in [1.807, 2.05) is 18.2 Å². The Bertz CT molecular complexity index is 572. The van der Waals surface area contributed by atoms with E-state index < -0.39 is 6.10 Å². The molecule has 1 N–H and O–H groups in total. The van der Waals surface area contributed by atoms with Crippen LogP contribution >= 0.6 is 0 Å². The third-order valence-corrected chi connectivity index (χ3v) is 3.72. The van der Waals surface area contributed by atoms with E-state index in [0.717, 1.165) is 30.8 Å². The Morgan fingerprint density at radius 2 is 1.83 bits per heavy atom. The van der Waals surface area contributed by atoms with Crippen LogP contribution in [0.4, 0.5) is 4.39 Å². The predicted octanol–water partition coefficient (Wildman–Crippen LogP) is 3.45. The average molecular weight is 316 g/mol. The summed E-state index contributed by atoms with van der Waals surface area (Å²) in [6.07, 6.45) is 2.04. The van der Waals surface area contributed by atoms with Crippen molar-refractivity contribution >= 4 is 0 Å². The van der Waals surface area contributed by atoms with Gasteiger partial charge >= 0.3 is 0 Å². The van der Waals surface area contributed by atoms with Crippen molar-refractivity contribution in [3.05, 3.63) is 65.7 Å². The van der Waals surface area contributed by atoms with Crippen LogP contribution in [0.15, 0.2) is 48.7 Å². The molecule has 0 amide bonds. The monoisotopic (exact) mass is 316 g/mol. The van der Waals surface area contributed by atoms with Crippen LogP contribution in [0.3, 0.4) is 0 Å². The first kappa shape index (κ1) is 17.6. The number of aliphatic hydroxyl groups excluding tert-OH is 1. The van der Waals surface area contributed by atoms with Gasteiger partial charge in [-0.2, -0.15) is 0 Å². The molecule has 1 unspecified atom stereocenters. The molecule has 0 bridgehead atoms. The number of rotatable bonds is 8. The zero-order chi connectivity index (χ0) is 16.7. The molecular formula is C19H25FN2O. The maximum atomic E-state index is 13.0. The molecule has 0 saturated heterocycles. The fourth-order valence-corrected chi connectivity index (χ4v) is 2.63. The van der Waals surface area contributed by atoms with Gasteiger partial charge in [0, 0.05) is 37.9 Å². The summed E-state index contributed by atoms with van der Waals surface area (Å²) >= 11 is 0. The van der Waals surface area contributed by atoms with E-state index in [9.17, 15) is 9.50 Å². The van der Waals surface area contributed by atoms with Crippen molar-refractivity contribution in [1.29, 1.82) is 0 Å². The van der Waals surface area contributed by atoms with E-state index in [1.54, 1.807) is 18.3 Å². The van der Waals surface area contributed by atoms with Gasteiger partial charge in [0.2, 0.25) is 0 Å². The summed E-state index contributed by atoms with van der Waals surface area (Å²) in [5, 5.41) is 10.4. The Labute approximate surface area is 137 Å². The number of aliphatic hydroxyl groups is 1. The molecular weight excluding hydrogens is 291 g/mol. The normalized spacial score (nSPS) is 12.8. The van der Waals surface area contributed by atoms with Crippen molar-refractivity contribution in [3.63, 3.8) is 0 Å². The minimum atomic E-state index is -0.613. The van der Waals surface area contributed by atoms with Crippen LogP contribution in [-0.4, -0.2) is 34.6 Å². The van der Waals surface area contributed by atoms with Crippen molar-refractivity contribution in [3.8, 4) is 0 Å². The van der Waals surface area contributed by atoms with E-state index in [-0.39, 0.29) is 5.82 Å². The molecule has 2 aromatic rings. The van der Waals surface area contributed by atoms with Gasteiger partial charge in [-0.1, -0.05) is 32.0 Å². The first-order valence-corrected chi connectivity index (χ1v) is 8.10. The smallest absolute Gasteiger partial charge is 0.123 e. The van der Waals surface area contributed by atoms with Gasteiger partial charge < -0.3 is 5.11 Å². The largest absolute Gasteiger partial charge is 0.387 e. The molecule has 124 valence electrons. The summed E-state index contributed by atoms with van der Waals surface area (Å²) < 4.78 is 13.0. The average Bonchev–Trinajstić information content (AvgIpc) is 2.53. The Kier molecular flexibility index (Phi) is 6.68. The number of nitrogens with zero attached hydrogens (tertiary/aromatic N) is 2. The summed E-state index contributed by atoms with van der Waals surface area (Å²) in [6, 6.07) is 12.0. The van der Waals surface area contributed by atoms with E-state index in [0.29, 0.717) is 12.5 Å². The van der Waals surface area contributed by atoms with Gasteiger partial charge in [-0.25, -0.2) is 4.39 Å². The SMILES string of the molecule is CC(C)CN(CCc1ccccn1)CC(O)c1ccc(F)cc1. The topological polar surface area (TPSA) is 36.4 Å². The van der Waals surface area contributed by atoms with Gasteiger partial charge in [-0.05, 0) is 35.7 Å². The molecule has 0 radical (unpaired) electrons. The van der Waals surface area contributed by atoms with Crippen LogP contribution in [0.25, 0.3) is 0 Å². The second-order valence-corrected chi connectivity index (χ2v) is 6.29. The standard InChI is InChI=1S/C19H25FN2O/c1-15(2)13-22(12-10-18-5-3-4-11-21-18)14-19(23)16-6-8-17(20)9-7-16/h3-9,11,15,19,23H,10,12-14H2,1-2H3. The van der Waals surface area contributed by atoms with Gasteiger partial charge in [0.15, 0.2) is 0 Å². The Balaban J connectivity index is 1.95. The summed E-state index contributed by atoms with van der Waals surface area (Å²) in [6.45, 7) is 6.62. The number of hydrogen-bond donors (Lipinski definition) is 1. The molecule has 1 heterocycles.